The van der Waals surface area contributed by atoms with Crippen molar-refractivity contribution in [2.75, 3.05) is 4.72 Å². The molecule has 0 spiro atoms. The van der Waals surface area contributed by atoms with E-state index in [4.69, 9.17) is 0 Å². The van der Waals surface area contributed by atoms with Crippen molar-refractivity contribution in [3.05, 3.63) is 96.1 Å². The number of hydrogen-bond acceptors (Lipinski definition) is 5. The third-order valence-corrected chi connectivity index (χ3v) is 5.92. The number of halogens is 3. The molecule has 0 saturated heterocycles. The first-order valence-corrected chi connectivity index (χ1v) is 11.1. The van der Waals surface area contributed by atoms with Crippen LogP contribution in [0.3, 0.4) is 0 Å². The lowest BCUT2D eigenvalue weighted by atomic mass is 10.1. The topological polar surface area (TPSA) is 85.1 Å². The molecule has 33 heavy (non-hydrogen) atoms. The molecule has 4 rings (SSSR count). The zero-order valence-electron chi connectivity index (χ0n) is 16.8. The van der Waals surface area contributed by atoms with Gasteiger partial charge in [-0.25, -0.2) is 8.42 Å². The lowest BCUT2D eigenvalue weighted by molar-refractivity contribution is -0.159. The second kappa shape index (κ2) is 8.91. The van der Waals surface area contributed by atoms with Gasteiger partial charge in [0.1, 0.15) is 0 Å². The average Bonchev–Trinajstić information content (AvgIpc) is 3.28. The van der Waals surface area contributed by atoms with Crippen LogP contribution in [0.5, 0.6) is 0 Å². The van der Waals surface area contributed by atoms with Gasteiger partial charge in [0.25, 0.3) is 10.0 Å². The Morgan fingerprint density at radius 2 is 1.55 bits per heavy atom. The van der Waals surface area contributed by atoms with Crippen molar-refractivity contribution < 1.29 is 26.1 Å². The van der Waals surface area contributed by atoms with E-state index in [0.29, 0.717) is 5.56 Å². The highest BCUT2D eigenvalue weighted by Crippen LogP contribution is 2.28. The second-order valence-electron chi connectivity index (χ2n) is 6.91. The van der Waals surface area contributed by atoms with E-state index in [0.717, 1.165) is 11.1 Å². The Hall–Kier alpha value is -3.92. The molecule has 168 valence electrons. The molecule has 4 aromatic rings. The molecule has 3 aromatic carbocycles. The van der Waals surface area contributed by atoms with E-state index in [2.05, 4.69) is 19.4 Å². The van der Waals surface area contributed by atoms with Crippen molar-refractivity contribution in [2.45, 2.75) is 11.1 Å². The Kier molecular flexibility index (Phi) is 6.01. The SMILES string of the molecule is O=S(=O)(Nc1cccc(/C=C/c2noc(C(F)(F)F)n2)c1)c1ccc(-c2ccccc2)cc1. The maximum absolute atomic E-state index is 12.8. The molecule has 0 atom stereocenters. The Balaban J connectivity index is 1.49. The maximum Gasteiger partial charge on any atom is 0.471 e. The highest BCUT2D eigenvalue weighted by molar-refractivity contribution is 7.92. The fourth-order valence-corrected chi connectivity index (χ4v) is 4.02. The summed E-state index contributed by atoms with van der Waals surface area (Å²) in [6.07, 6.45) is -2.05. The van der Waals surface area contributed by atoms with Crippen LogP contribution >= 0.6 is 0 Å². The monoisotopic (exact) mass is 471 g/mol. The fraction of sp³-hybridized carbons (Fsp3) is 0.0435. The number of alkyl halides is 3. The van der Waals surface area contributed by atoms with E-state index < -0.39 is 22.1 Å². The molecular weight excluding hydrogens is 455 g/mol. The van der Waals surface area contributed by atoms with Crippen molar-refractivity contribution in [3.8, 4) is 11.1 Å². The van der Waals surface area contributed by atoms with Crippen LogP contribution in [-0.4, -0.2) is 18.6 Å². The molecule has 0 bridgehead atoms. The van der Waals surface area contributed by atoms with Crippen molar-refractivity contribution in [2.24, 2.45) is 0 Å². The van der Waals surface area contributed by atoms with Gasteiger partial charge in [0, 0.05) is 5.69 Å². The van der Waals surface area contributed by atoms with E-state index in [1.807, 2.05) is 30.3 Å². The van der Waals surface area contributed by atoms with Gasteiger partial charge in [-0.2, -0.15) is 18.2 Å². The van der Waals surface area contributed by atoms with Crippen LogP contribution in [0.2, 0.25) is 0 Å². The van der Waals surface area contributed by atoms with Crippen LogP contribution in [0.15, 0.2) is 88.3 Å². The van der Waals surface area contributed by atoms with Gasteiger partial charge in [0.2, 0.25) is 0 Å². The van der Waals surface area contributed by atoms with Crippen molar-refractivity contribution in [1.82, 2.24) is 10.1 Å². The summed E-state index contributed by atoms with van der Waals surface area (Å²) in [4.78, 5) is 3.34. The number of anilines is 1. The summed E-state index contributed by atoms with van der Waals surface area (Å²) in [7, 11) is -3.85. The average molecular weight is 471 g/mol. The largest absolute Gasteiger partial charge is 0.471 e. The summed E-state index contributed by atoms with van der Waals surface area (Å²) in [6, 6.07) is 22.4. The van der Waals surface area contributed by atoms with Gasteiger partial charge in [-0.3, -0.25) is 4.72 Å². The second-order valence-corrected chi connectivity index (χ2v) is 8.59. The number of sulfonamides is 1. The number of nitrogens with one attached hydrogen (secondary N) is 1. The van der Waals surface area contributed by atoms with Crippen molar-refractivity contribution >= 4 is 27.9 Å². The quantitative estimate of drug-likeness (QED) is 0.388. The first-order valence-electron chi connectivity index (χ1n) is 9.58. The molecular formula is C23H16F3N3O3S. The molecule has 0 aliphatic rings. The molecule has 0 amide bonds. The molecule has 1 heterocycles. The van der Waals surface area contributed by atoms with Crippen molar-refractivity contribution in [1.29, 1.82) is 0 Å². The summed E-state index contributed by atoms with van der Waals surface area (Å²) in [6.45, 7) is 0. The zero-order chi connectivity index (χ0) is 23.5. The maximum atomic E-state index is 12.8. The summed E-state index contributed by atoms with van der Waals surface area (Å²) < 4.78 is 69.8. The van der Waals surface area contributed by atoms with E-state index in [-0.39, 0.29) is 16.4 Å². The Morgan fingerprint density at radius 3 is 2.21 bits per heavy atom. The summed E-state index contributed by atoms with van der Waals surface area (Å²) in [5.74, 6) is -1.70. The van der Waals surface area contributed by atoms with Crippen molar-refractivity contribution in [3.63, 3.8) is 0 Å². The van der Waals surface area contributed by atoms with Crippen LogP contribution in [-0.2, 0) is 16.2 Å². The molecule has 0 unspecified atom stereocenters. The smallest absolute Gasteiger partial charge is 0.329 e. The van der Waals surface area contributed by atoms with Crippen LogP contribution in [0.1, 0.15) is 17.3 Å². The lowest BCUT2D eigenvalue weighted by Crippen LogP contribution is -2.12. The molecule has 0 fully saturated rings. The van der Waals surface area contributed by atoms with Gasteiger partial charge in [-0.05, 0) is 47.0 Å². The van der Waals surface area contributed by atoms with E-state index in [9.17, 15) is 21.6 Å². The zero-order valence-corrected chi connectivity index (χ0v) is 17.6. The number of hydrogen-bond donors (Lipinski definition) is 1. The molecule has 0 aliphatic heterocycles. The summed E-state index contributed by atoms with van der Waals surface area (Å²) in [5.41, 5.74) is 2.66. The highest BCUT2D eigenvalue weighted by Gasteiger charge is 2.38. The Labute approximate surface area is 187 Å². The number of benzene rings is 3. The molecule has 1 aromatic heterocycles. The van der Waals surface area contributed by atoms with Gasteiger partial charge >= 0.3 is 12.1 Å². The Morgan fingerprint density at radius 1 is 0.848 bits per heavy atom. The minimum atomic E-state index is -4.73. The van der Waals surface area contributed by atoms with E-state index >= 15 is 0 Å². The van der Waals surface area contributed by atoms with Crippen LogP contribution in [0.25, 0.3) is 23.3 Å². The third kappa shape index (κ3) is 5.47. The minimum absolute atomic E-state index is 0.0922. The summed E-state index contributed by atoms with van der Waals surface area (Å²) in [5, 5.41) is 3.24. The van der Waals surface area contributed by atoms with Gasteiger partial charge in [0.15, 0.2) is 5.82 Å². The molecule has 0 radical (unpaired) electrons. The fourth-order valence-electron chi connectivity index (χ4n) is 2.97. The third-order valence-electron chi connectivity index (χ3n) is 4.52. The highest BCUT2D eigenvalue weighted by atomic mass is 32.2. The van der Waals surface area contributed by atoms with Crippen LogP contribution in [0.4, 0.5) is 18.9 Å². The van der Waals surface area contributed by atoms with Gasteiger partial charge < -0.3 is 4.52 Å². The van der Waals surface area contributed by atoms with E-state index in [1.165, 1.54) is 30.4 Å². The number of nitrogens with zero attached hydrogens (tertiary/aromatic N) is 2. The number of aromatic nitrogens is 2. The molecule has 10 heteroatoms. The van der Waals surface area contributed by atoms with Gasteiger partial charge in [-0.1, -0.05) is 65.8 Å². The van der Waals surface area contributed by atoms with Gasteiger partial charge in [0.05, 0.1) is 4.90 Å². The Bertz CT molecular complexity index is 1380. The lowest BCUT2D eigenvalue weighted by Gasteiger charge is -2.09. The number of rotatable bonds is 6. The molecule has 1 N–H and O–H groups in total. The van der Waals surface area contributed by atoms with E-state index in [1.54, 1.807) is 30.3 Å². The normalized spacial score (nSPS) is 12.2. The predicted octanol–water partition coefficient (Wildman–Crippen LogP) is 5.73. The van der Waals surface area contributed by atoms with Gasteiger partial charge in [-0.15, -0.1) is 0 Å². The standard InChI is InChI=1S/C23H16F3N3O3S/c24-23(25,26)22-27-21(28-32-22)14-9-16-5-4-8-19(15-16)29-33(30,31)20-12-10-18(11-13-20)17-6-2-1-3-7-17/h1-15,29H/b14-9+. The molecule has 0 saturated carbocycles. The first kappa shape index (κ1) is 22.3. The first-order chi connectivity index (χ1) is 15.7. The summed E-state index contributed by atoms with van der Waals surface area (Å²) >= 11 is 0. The minimum Gasteiger partial charge on any atom is -0.329 e. The molecule has 0 aliphatic carbocycles. The van der Waals surface area contributed by atoms with Crippen LogP contribution in [0, 0.1) is 0 Å². The molecule has 6 nitrogen and oxygen atoms in total. The van der Waals surface area contributed by atoms with Crippen LogP contribution < -0.4 is 4.72 Å². The predicted molar refractivity (Wildman–Crippen MR) is 117 cm³/mol.